The first-order chi connectivity index (χ1) is 10.2. The second-order valence-corrected chi connectivity index (χ2v) is 5.68. The van der Waals surface area contributed by atoms with Gasteiger partial charge in [-0.3, -0.25) is 0 Å². The van der Waals surface area contributed by atoms with E-state index in [1.54, 1.807) is 6.07 Å². The van der Waals surface area contributed by atoms with Gasteiger partial charge in [-0.1, -0.05) is 15.9 Å². The van der Waals surface area contributed by atoms with Gasteiger partial charge in [-0.2, -0.15) is 0 Å². The number of hydrogen-bond donors (Lipinski definition) is 0. The minimum absolute atomic E-state index is 0.0000728. The van der Waals surface area contributed by atoms with E-state index >= 15 is 0 Å². The number of aromatic nitrogens is 1. The molecule has 2 heterocycles. The number of carbonyl (C=O) groups excluding carboxylic acids is 1. The molecule has 0 N–H and O–H groups in total. The Labute approximate surface area is 130 Å². The van der Waals surface area contributed by atoms with E-state index in [1.165, 1.54) is 7.11 Å². The number of rotatable bonds is 3. The number of methoxy groups -OCH3 is 1. The second-order valence-electron chi connectivity index (χ2n) is 4.76. The molecule has 1 aromatic carbocycles. The third-order valence-corrected chi connectivity index (χ3v) is 3.80. The molecule has 0 amide bonds. The van der Waals surface area contributed by atoms with Crippen molar-refractivity contribution in [1.82, 2.24) is 4.98 Å². The van der Waals surface area contributed by atoms with E-state index in [9.17, 15) is 4.79 Å². The number of ether oxygens (including phenoxy) is 3. The predicted octanol–water partition coefficient (Wildman–Crippen LogP) is 2.95. The topological polar surface area (TPSA) is 57.7 Å². The highest BCUT2D eigenvalue weighted by Crippen LogP contribution is 2.30. The molecule has 110 valence electrons. The molecule has 1 aliphatic heterocycles. The average Bonchev–Trinajstić information content (AvgIpc) is 2.99. The molecule has 0 spiro atoms. The normalized spacial score (nSPS) is 17.9. The van der Waals surface area contributed by atoms with Gasteiger partial charge in [0.05, 0.1) is 25.8 Å². The lowest BCUT2D eigenvalue weighted by Crippen LogP contribution is -2.16. The minimum atomic E-state index is -0.479. The van der Waals surface area contributed by atoms with Crippen LogP contribution in [0.2, 0.25) is 0 Å². The van der Waals surface area contributed by atoms with Crippen molar-refractivity contribution in [2.24, 2.45) is 0 Å². The number of esters is 1. The largest absolute Gasteiger partial charge is 0.487 e. The van der Waals surface area contributed by atoms with E-state index in [0.717, 1.165) is 16.3 Å². The molecule has 0 saturated carbocycles. The first-order valence-corrected chi connectivity index (χ1v) is 7.39. The van der Waals surface area contributed by atoms with Crippen LogP contribution in [-0.4, -0.2) is 37.4 Å². The van der Waals surface area contributed by atoms with Crippen LogP contribution in [0.4, 0.5) is 0 Å². The van der Waals surface area contributed by atoms with Gasteiger partial charge in [0.1, 0.15) is 11.9 Å². The van der Waals surface area contributed by atoms with Gasteiger partial charge in [-0.25, -0.2) is 9.78 Å². The quantitative estimate of drug-likeness (QED) is 0.795. The number of hydrogen-bond acceptors (Lipinski definition) is 5. The summed E-state index contributed by atoms with van der Waals surface area (Å²) >= 11 is 3.44. The number of halogens is 1. The van der Waals surface area contributed by atoms with Crippen molar-refractivity contribution >= 4 is 32.8 Å². The Morgan fingerprint density at radius 3 is 3.00 bits per heavy atom. The zero-order valence-electron chi connectivity index (χ0n) is 11.5. The lowest BCUT2D eigenvalue weighted by molar-refractivity contribution is 0.0593. The Bertz CT molecular complexity index is 683. The molecular formula is C15H14BrNO4. The molecule has 1 unspecified atom stereocenters. The second kappa shape index (κ2) is 5.99. The van der Waals surface area contributed by atoms with Gasteiger partial charge in [0.15, 0.2) is 5.69 Å². The van der Waals surface area contributed by atoms with Gasteiger partial charge in [-0.15, -0.1) is 0 Å². The third kappa shape index (κ3) is 3.01. The van der Waals surface area contributed by atoms with Crippen LogP contribution in [0.1, 0.15) is 16.9 Å². The molecule has 3 rings (SSSR count). The highest BCUT2D eigenvalue weighted by Gasteiger charge is 2.20. The summed E-state index contributed by atoms with van der Waals surface area (Å²) in [7, 11) is 1.33. The Morgan fingerprint density at radius 1 is 1.43 bits per heavy atom. The van der Waals surface area contributed by atoms with Crippen LogP contribution in [0.5, 0.6) is 5.75 Å². The maximum absolute atomic E-state index is 11.7. The molecular weight excluding hydrogens is 338 g/mol. The summed E-state index contributed by atoms with van der Waals surface area (Å²) in [6.45, 7) is 1.26. The van der Waals surface area contributed by atoms with E-state index in [1.807, 2.05) is 18.2 Å². The van der Waals surface area contributed by atoms with Crippen molar-refractivity contribution in [3.63, 3.8) is 0 Å². The van der Waals surface area contributed by atoms with E-state index in [-0.39, 0.29) is 11.8 Å². The summed E-state index contributed by atoms with van der Waals surface area (Å²) in [5.74, 6) is 0.143. The summed E-state index contributed by atoms with van der Waals surface area (Å²) in [6.07, 6.45) is 0.839. The summed E-state index contributed by atoms with van der Waals surface area (Å²) < 4.78 is 17.0. The number of fused-ring (bicyclic) bond motifs is 1. The van der Waals surface area contributed by atoms with Crippen molar-refractivity contribution in [2.75, 3.05) is 20.3 Å². The molecule has 0 bridgehead atoms. The highest BCUT2D eigenvalue weighted by molar-refractivity contribution is 9.10. The smallest absolute Gasteiger partial charge is 0.356 e. The summed E-state index contributed by atoms with van der Waals surface area (Å²) in [5, 5.41) is 0.851. The maximum Gasteiger partial charge on any atom is 0.356 e. The molecule has 21 heavy (non-hydrogen) atoms. The van der Waals surface area contributed by atoms with E-state index in [4.69, 9.17) is 14.2 Å². The summed E-state index contributed by atoms with van der Waals surface area (Å²) in [4.78, 5) is 16.1. The van der Waals surface area contributed by atoms with Gasteiger partial charge in [0.2, 0.25) is 0 Å². The lowest BCUT2D eigenvalue weighted by Gasteiger charge is -2.15. The van der Waals surface area contributed by atoms with Gasteiger partial charge in [0, 0.05) is 22.3 Å². The van der Waals surface area contributed by atoms with Gasteiger partial charge in [-0.05, 0) is 18.2 Å². The number of carbonyl (C=O) groups is 1. The third-order valence-electron chi connectivity index (χ3n) is 3.31. The fourth-order valence-electron chi connectivity index (χ4n) is 2.26. The summed E-state index contributed by atoms with van der Waals surface area (Å²) in [5.41, 5.74) is 0.927. The number of pyridine rings is 1. The van der Waals surface area contributed by atoms with Crippen molar-refractivity contribution in [3.05, 3.63) is 34.4 Å². The van der Waals surface area contributed by atoms with Crippen molar-refractivity contribution < 1.29 is 19.0 Å². The van der Waals surface area contributed by atoms with E-state index in [0.29, 0.717) is 24.5 Å². The standard InChI is InChI=1S/C15H14BrNO4/c1-19-15(18)13-7-14(21-10-4-5-20-8-10)11-6-9(16)2-3-12(11)17-13/h2-3,6-7,10H,4-5,8H2,1H3. The maximum atomic E-state index is 11.7. The first-order valence-electron chi connectivity index (χ1n) is 6.60. The van der Waals surface area contributed by atoms with Crippen LogP contribution in [-0.2, 0) is 9.47 Å². The zero-order valence-corrected chi connectivity index (χ0v) is 13.1. The van der Waals surface area contributed by atoms with Crippen molar-refractivity contribution in [2.45, 2.75) is 12.5 Å². The minimum Gasteiger partial charge on any atom is -0.487 e. The van der Waals surface area contributed by atoms with Gasteiger partial charge in [0.25, 0.3) is 0 Å². The number of benzene rings is 1. The molecule has 1 fully saturated rings. The Hall–Kier alpha value is -1.66. The van der Waals surface area contributed by atoms with Crippen molar-refractivity contribution in [1.29, 1.82) is 0 Å². The highest BCUT2D eigenvalue weighted by atomic mass is 79.9. The van der Waals surface area contributed by atoms with Crippen LogP contribution in [0, 0.1) is 0 Å². The molecule has 0 aliphatic carbocycles. The molecule has 2 aromatic rings. The summed E-state index contributed by atoms with van der Waals surface area (Å²) in [6, 6.07) is 7.26. The molecule has 1 atom stereocenters. The van der Waals surface area contributed by atoms with E-state index in [2.05, 4.69) is 20.9 Å². The Morgan fingerprint density at radius 2 is 2.29 bits per heavy atom. The molecule has 6 heteroatoms. The Kier molecular flexibility index (Phi) is 4.07. The number of nitrogens with zero attached hydrogens (tertiary/aromatic N) is 1. The van der Waals surface area contributed by atoms with Crippen LogP contribution >= 0.6 is 15.9 Å². The van der Waals surface area contributed by atoms with Gasteiger partial charge >= 0.3 is 5.97 Å². The van der Waals surface area contributed by atoms with Gasteiger partial charge < -0.3 is 14.2 Å². The van der Waals surface area contributed by atoms with Crippen LogP contribution in [0.25, 0.3) is 10.9 Å². The molecule has 0 radical (unpaired) electrons. The first kappa shape index (κ1) is 14.3. The average molecular weight is 352 g/mol. The fraction of sp³-hybridized carbons (Fsp3) is 0.333. The lowest BCUT2D eigenvalue weighted by atomic mass is 10.1. The van der Waals surface area contributed by atoms with Crippen LogP contribution in [0.3, 0.4) is 0 Å². The SMILES string of the molecule is COC(=O)c1cc(OC2CCOC2)c2cc(Br)ccc2n1. The molecule has 1 aliphatic rings. The molecule has 1 aromatic heterocycles. The van der Waals surface area contributed by atoms with Crippen LogP contribution < -0.4 is 4.74 Å². The van der Waals surface area contributed by atoms with Crippen molar-refractivity contribution in [3.8, 4) is 5.75 Å². The molecule has 5 nitrogen and oxygen atoms in total. The molecule has 1 saturated heterocycles. The van der Waals surface area contributed by atoms with E-state index < -0.39 is 5.97 Å². The fourth-order valence-corrected chi connectivity index (χ4v) is 2.62. The van der Waals surface area contributed by atoms with Crippen LogP contribution in [0.15, 0.2) is 28.7 Å². The zero-order chi connectivity index (χ0) is 14.8. The Balaban J connectivity index is 2.08. The predicted molar refractivity (Wildman–Crippen MR) is 80.6 cm³/mol. The monoisotopic (exact) mass is 351 g/mol.